The fourth-order valence-corrected chi connectivity index (χ4v) is 2.64. The van der Waals surface area contributed by atoms with E-state index in [2.05, 4.69) is 15.5 Å². The van der Waals surface area contributed by atoms with Crippen molar-refractivity contribution in [2.45, 2.75) is 32.2 Å². The standard InChI is InChI=1S/C19H19F2N3O5/c1-10(25)22-14(18(20)21)9-27-17-7-16(29-24-17)19-23-13-6-12(4-5-15(13)28-19)26-8-11-2-3-11/h4-7,11,14,18H,2-3,8-9H2,1H3,(H,22,25). The van der Waals surface area contributed by atoms with Crippen LogP contribution in [0.1, 0.15) is 19.8 Å². The third-order valence-corrected chi connectivity index (χ3v) is 4.34. The van der Waals surface area contributed by atoms with Gasteiger partial charge in [-0.1, -0.05) is 0 Å². The Kier molecular flexibility index (Phi) is 5.32. The number of rotatable bonds is 9. The van der Waals surface area contributed by atoms with Gasteiger partial charge in [-0.25, -0.2) is 13.8 Å². The Hall–Kier alpha value is -3.17. The molecule has 2 heterocycles. The molecule has 1 atom stereocenters. The van der Waals surface area contributed by atoms with Gasteiger partial charge in [0, 0.05) is 13.0 Å². The Morgan fingerprint density at radius 3 is 2.86 bits per heavy atom. The summed E-state index contributed by atoms with van der Waals surface area (Å²) in [5.74, 6) is 1.11. The molecule has 0 spiro atoms. The Balaban J connectivity index is 1.42. The first-order chi connectivity index (χ1) is 14.0. The second-order valence-electron chi connectivity index (χ2n) is 6.88. The maximum Gasteiger partial charge on any atom is 0.267 e. The van der Waals surface area contributed by atoms with Crippen molar-refractivity contribution in [1.82, 2.24) is 15.5 Å². The van der Waals surface area contributed by atoms with Crippen molar-refractivity contribution in [2.24, 2.45) is 5.92 Å². The van der Waals surface area contributed by atoms with Gasteiger partial charge in [0.15, 0.2) is 5.58 Å². The van der Waals surface area contributed by atoms with E-state index in [0.29, 0.717) is 29.4 Å². The lowest BCUT2D eigenvalue weighted by Crippen LogP contribution is -2.43. The van der Waals surface area contributed by atoms with E-state index in [-0.39, 0.29) is 17.5 Å². The van der Waals surface area contributed by atoms with Crippen LogP contribution in [0.25, 0.3) is 22.8 Å². The minimum Gasteiger partial charge on any atom is -0.493 e. The molecular formula is C19H19F2N3O5. The first-order valence-electron chi connectivity index (χ1n) is 9.16. The fraction of sp³-hybridized carbons (Fsp3) is 0.421. The van der Waals surface area contributed by atoms with E-state index in [1.54, 1.807) is 18.2 Å². The molecule has 1 unspecified atom stereocenters. The minimum atomic E-state index is -2.78. The summed E-state index contributed by atoms with van der Waals surface area (Å²) < 4.78 is 47.5. The summed E-state index contributed by atoms with van der Waals surface area (Å²) in [6, 6.07) is 5.26. The van der Waals surface area contributed by atoms with Gasteiger partial charge in [-0.3, -0.25) is 4.79 Å². The van der Waals surface area contributed by atoms with E-state index in [9.17, 15) is 13.6 Å². The van der Waals surface area contributed by atoms with Crippen LogP contribution >= 0.6 is 0 Å². The van der Waals surface area contributed by atoms with E-state index >= 15 is 0 Å². The molecule has 8 nitrogen and oxygen atoms in total. The van der Waals surface area contributed by atoms with E-state index < -0.39 is 25.0 Å². The molecule has 0 aliphatic heterocycles. The number of halogens is 2. The number of fused-ring (bicyclic) bond motifs is 1. The SMILES string of the molecule is CC(=O)NC(COc1cc(-c2nc3cc(OCC4CC4)ccc3o2)on1)C(F)F. The van der Waals surface area contributed by atoms with E-state index in [0.717, 1.165) is 6.92 Å². The third kappa shape index (κ3) is 4.82. The molecule has 1 saturated carbocycles. The topological polar surface area (TPSA) is 99.6 Å². The molecule has 1 amide bonds. The zero-order chi connectivity index (χ0) is 20.4. The van der Waals surface area contributed by atoms with Crippen LogP contribution in [-0.2, 0) is 4.79 Å². The Morgan fingerprint density at radius 2 is 2.14 bits per heavy atom. The number of hydrogen-bond acceptors (Lipinski definition) is 7. The second-order valence-corrected chi connectivity index (χ2v) is 6.88. The molecule has 1 aliphatic rings. The zero-order valence-electron chi connectivity index (χ0n) is 15.6. The van der Waals surface area contributed by atoms with Crippen molar-refractivity contribution in [1.29, 1.82) is 0 Å². The fourth-order valence-electron chi connectivity index (χ4n) is 2.64. The molecule has 0 radical (unpaired) electrons. The monoisotopic (exact) mass is 407 g/mol. The second kappa shape index (κ2) is 8.06. The molecule has 1 N–H and O–H groups in total. The van der Waals surface area contributed by atoms with Gasteiger partial charge in [0.2, 0.25) is 11.7 Å². The summed E-state index contributed by atoms with van der Waals surface area (Å²) >= 11 is 0. The van der Waals surface area contributed by atoms with Gasteiger partial charge in [0.05, 0.1) is 12.7 Å². The van der Waals surface area contributed by atoms with E-state index in [4.69, 9.17) is 18.4 Å². The smallest absolute Gasteiger partial charge is 0.267 e. The number of hydrogen-bond donors (Lipinski definition) is 1. The number of amides is 1. The highest BCUT2D eigenvalue weighted by Gasteiger charge is 2.24. The number of carbonyl (C=O) groups is 1. The summed E-state index contributed by atoms with van der Waals surface area (Å²) in [6.07, 6.45) is -0.372. The van der Waals surface area contributed by atoms with Crippen molar-refractivity contribution < 1.29 is 32.0 Å². The Labute approximate surface area is 164 Å². The van der Waals surface area contributed by atoms with Crippen LogP contribution in [0.2, 0.25) is 0 Å². The van der Waals surface area contributed by atoms with Crippen LogP contribution in [0, 0.1) is 5.92 Å². The number of aromatic nitrogens is 2. The average Bonchev–Trinajstić information content (AvgIpc) is 3.22. The van der Waals surface area contributed by atoms with Gasteiger partial charge >= 0.3 is 0 Å². The van der Waals surface area contributed by atoms with Gasteiger partial charge in [0.1, 0.15) is 23.9 Å². The van der Waals surface area contributed by atoms with Crippen LogP contribution in [0.3, 0.4) is 0 Å². The van der Waals surface area contributed by atoms with Crippen molar-refractivity contribution in [3.63, 3.8) is 0 Å². The lowest BCUT2D eigenvalue weighted by molar-refractivity contribution is -0.121. The van der Waals surface area contributed by atoms with Crippen molar-refractivity contribution in [3.05, 3.63) is 24.3 Å². The maximum atomic E-state index is 12.9. The quantitative estimate of drug-likeness (QED) is 0.580. The van der Waals surface area contributed by atoms with Gasteiger partial charge in [-0.05, 0) is 36.0 Å². The number of benzene rings is 1. The van der Waals surface area contributed by atoms with E-state index in [1.165, 1.54) is 18.9 Å². The molecule has 1 aliphatic carbocycles. The van der Waals surface area contributed by atoms with Crippen LogP contribution in [0.5, 0.6) is 11.6 Å². The highest BCUT2D eigenvalue weighted by molar-refractivity contribution is 5.77. The number of nitrogens with zero attached hydrogens (tertiary/aromatic N) is 2. The summed E-state index contributed by atoms with van der Waals surface area (Å²) in [5, 5.41) is 5.78. The molecular weight excluding hydrogens is 388 g/mol. The summed E-state index contributed by atoms with van der Waals surface area (Å²) in [5.41, 5.74) is 1.14. The molecule has 4 rings (SSSR count). The molecule has 1 aromatic carbocycles. The van der Waals surface area contributed by atoms with Crippen LogP contribution in [-0.4, -0.2) is 41.7 Å². The molecule has 29 heavy (non-hydrogen) atoms. The maximum absolute atomic E-state index is 12.9. The zero-order valence-corrected chi connectivity index (χ0v) is 15.6. The van der Waals surface area contributed by atoms with Gasteiger partial charge in [0.25, 0.3) is 18.2 Å². The highest BCUT2D eigenvalue weighted by Crippen LogP contribution is 2.31. The van der Waals surface area contributed by atoms with Crippen molar-refractivity contribution in [3.8, 4) is 23.3 Å². The lowest BCUT2D eigenvalue weighted by atomic mass is 10.3. The summed E-state index contributed by atoms with van der Waals surface area (Å²) in [6.45, 7) is 1.38. The van der Waals surface area contributed by atoms with Crippen LogP contribution < -0.4 is 14.8 Å². The van der Waals surface area contributed by atoms with Crippen molar-refractivity contribution in [2.75, 3.05) is 13.2 Å². The molecule has 154 valence electrons. The van der Waals surface area contributed by atoms with Crippen molar-refractivity contribution >= 4 is 17.0 Å². The molecule has 0 bridgehead atoms. The molecule has 10 heteroatoms. The van der Waals surface area contributed by atoms with Crippen LogP contribution in [0.15, 0.2) is 33.2 Å². The number of ether oxygens (including phenoxy) is 2. The normalized spacial score (nSPS) is 14.9. The predicted octanol–water partition coefficient (Wildman–Crippen LogP) is 3.42. The van der Waals surface area contributed by atoms with Gasteiger partial charge in [-0.15, -0.1) is 0 Å². The predicted molar refractivity (Wildman–Crippen MR) is 96.8 cm³/mol. The van der Waals surface area contributed by atoms with E-state index in [1.807, 2.05) is 0 Å². The third-order valence-electron chi connectivity index (χ3n) is 4.34. The summed E-state index contributed by atoms with van der Waals surface area (Å²) in [4.78, 5) is 15.3. The van der Waals surface area contributed by atoms with Crippen LogP contribution in [0.4, 0.5) is 8.78 Å². The molecule has 0 saturated heterocycles. The summed E-state index contributed by atoms with van der Waals surface area (Å²) in [7, 11) is 0. The van der Waals surface area contributed by atoms with Gasteiger partial charge in [-0.2, -0.15) is 0 Å². The Morgan fingerprint density at radius 1 is 1.31 bits per heavy atom. The first kappa shape index (κ1) is 19.2. The number of oxazole rings is 1. The lowest BCUT2D eigenvalue weighted by Gasteiger charge is -2.16. The Bertz CT molecular complexity index is 999. The van der Waals surface area contributed by atoms with Gasteiger partial charge < -0.3 is 23.7 Å². The minimum absolute atomic E-state index is 0.0216. The number of carbonyl (C=O) groups excluding carboxylic acids is 1. The average molecular weight is 407 g/mol. The number of nitrogens with one attached hydrogen (secondary N) is 1. The highest BCUT2D eigenvalue weighted by atomic mass is 19.3. The molecule has 2 aromatic heterocycles. The first-order valence-corrected chi connectivity index (χ1v) is 9.16. The largest absolute Gasteiger partial charge is 0.493 e. The molecule has 1 fully saturated rings. The molecule has 3 aromatic rings. The number of alkyl halides is 2.